The Bertz CT molecular complexity index is 1150. The van der Waals surface area contributed by atoms with Crippen LogP contribution in [0.1, 0.15) is 36.2 Å². The summed E-state index contributed by atoms with van der Waals surface area (Å²) < 4.78 is 5.11. The standard InChI is InChI=1S/C24H25N7O3/c32-23(29-17-12-34-13-17)21-19(6-3-9-27-21)31-24(33)22-20(28-16-10-25-14-26-11-16)5-2-1-4-18(30-22)15-7-8-15/h1,3-4,6,9-11,14-15,17-18H,2,5,7-8,12-13H2,(H,29,32)(H,31,33)/b4-1-,28-20?,30-22?. The van der Waals surface area contributed by atoms with E-state index in [1.54, 1.807) is 24.5 Å². The van der Waals surface area contributed by atoms with E-state index < -0.39 is 5.91 Å². The van der Waals surface area contributed by atoms with Crippen molar-refractivity contribution in [3.8, 4) is 0 Å². The monoisotopic (exact) mass is 459 g/mol. The lowest BCUT2D eigenvalue weighted by atomic mass is 10.0. The highest BCUT2D eigenvalue weighted by Crippen LogP contribution is 2.36. The number of rotatable bonds is 6. The van der Waals surface area contributed by atoms with Gasteiger partial charge in [-0.2, -0.15) is 0 Å². The second-order valence-electron chi connectivity index (χ2n) is 8.49. The minimum atomic E-state index is -0.425. The van der Waals surface area contributed by atoms with Crippen molar-refractivity contribution in [2.24, 2.45) is 15.9 Å². The molecule has 0 spiro atoms. The zero-order chi connectivity index (χ0) is 23.3. The Morgan fingerprint density at radius 3 is 2.68 bits per heavy atom. The molecule has 2 N–H and O–H groups in total. The smallest absolute Gasteiger partial charge is 0.275 e. The van der Waals surface area contributed by atoms with Crippen LogP contribution in [0.2, 0.25) is 0 Å². The van der Waals surface area contributed by atoms with Crippen molar-refractivity contribution in [2.45, 2.75) is 37.8 Å². The first kappa shape index (κ1) is 22.0. The molecule has 2 aromatic heterocycles. The number of nitrogens with zero attached hydrogens (tertiary/aromatic N) is 5. The number of amides is 2. The molecule has 0 radical (unpaired) electrons. The van der Waals surface area contributed by atoms with E-state index in [4.69, 9.17) is 9.73 Å². The van der Waals surface area contributed by atoms with Gasteiger partial charge in [0, 0.05) is 6.20 Å². The summed E-state index contributed by atoms with van der Waals surface area (Å²) in [6.07, 6.45) is 13.8. The summed E-state index contributed by atoms with van der Waals surface area (Å²) in [5.41, 5.74) is 1.82. The Morgan fingerprint density at radius 1 is 1.12 bits per heavy atom. The molecular weight excluding hydrogens is 434 g/mol. The fraction of sp³-hybridized carbons (Fsp3) is 0.375. The molecular formula is C24H25N7O3. The summed E-state index contributed by atoms with van der Waals surface area (Å²) in [5.74, 6) is -0.355. The number of nitrogens with one attached hydrogen (secondary N) is 2. The van der Waals surface area contributed by atoms with Crippen LogP contribution >= 0.6 is 0 Å². The minimum absolute atomic E-state index is 0.0500. The van der Waals surface area contributed by atoms with Crippen LogP contribution in [0.3, 0.4) is 0 Å². The van der Waals surface area contributed by atoms with Crippen molar-refractivity contribution in [1.29, 1.82) is 0 Å². The molecule has 2 aliphatic heterocycles. The predicted octanol–water partition coefficient (Wildman–Crippen LogP) is 2.28. The first-order valence-corrected chi connectivity index (χ1v) is 11.4. The maximum atomic E-state index is 13.5. The average molecular weight is 460 g/mol. The van der Waals surface area contributed by atoms with Crippen LogP contribution in [-0.2, 0) is 9.53 Å². The number of pyridine rings is 1. The molecule has 174 valence electrons. The topological polar surface area (TPSA) is 131 Å². The third-order valence-electron chi connectivity index (χ3n) is 5.81. The van der Waals surface area contributed by atoms with E-state index in [1.807, 2.05) is 0 Å². The Kier molecular flexibility index (Phi) is 6.48. The van der Waals surface area contributed by atoms with Gasteiger partial charge in [-0.1, -0.05) is 12.2 Å². The molecule has 1 aliphatic carbocycles. The van der Waals surface area contributed by atoms with Crippen molar-refractivity contribution in [3.63, 3.8) is 0 Å². The number of ether oxygens (including phenoxy) is 1. The van der Waals surface area contributed by atoms with Gasteiger partial charge in [-0.25, -0.2) is 19.9 Å². The van der Waals surface area contributed by atoms with Gasteiger partial charge >= 0.3 is 0 Å². The Balaban J connectivity index is 1.44. The van der Waals surface area contributed by atoms with Crippen LogP contribution in [0.25, 0.3) is 0 Å². The molecule has 1 saturated heterocycles. The Hall–Kier alpha value is -3.79. The van der Waals surface area contributed by atoms with E-state index in [0.29, 0.717) is 42.6 Å². The summed E-state index contributed by atoms with van der Waals surface area (Å²) in [5, 5.41) is 5.71. The Labute approximate surface area is 196 Å². The maximum absolute atomic E-state index is 13.5. The maximum Gasteiger partial charge on any atom is 0.275 e. The third-order valence-corrected chi connectivity index (χ3v) is 5.81. The molecule has 34 heavy (non-hydrogen) atoms. The van der Waals surface area contributed by atoms with Gasteiger partial charge in [0.25, 0.3) is 11.8 Å². The lowest BCUT2D eigenvalue weighted by molar-refractivity contribution is -0.110. The van der Waals surface area contributed by atoms with E-state index >= 15 is 0 Å². The second kappa shape index (κ2) is 10.0. The molecule has 1 atom stereocenters. The number of aliphatic imine (C=N–C) groups is 2. The average Bonchev–Trinajstić information content (AvgIpc) is 3.65. The molecule has 2 aromatic rings. The molecule has 0 aromatic carbocycles. The van der Waals surface area contributed by atoms with Crippen molar-refractivity contribution < 1.29 is 14.3 Å². The highest BCUT2D eigenvalue weighted by molar-refractivity contribution is 6.69. The lowest BCUT2D eigenvalue weighted by Gasteiger charge is -2.26. The van der Waals surface area contributed by atoms with E-state index in [2.05, 4.69) is 42.7 Å². The van der Waals surface area contributed by atoms with Crippen LogP contribution in [0.4, 0.5) is 11.4 Å². The van der Waals surface area contributed by atoms with Gasteiger partial charge < -0.3 is 15.4 Å². The number of carbonyl (C=O) groups is 2. The molecule has 1 unspecified atom stereocenters. The van der Waals surface area contributed by atoms with E-state index in [-0.39, 0.29) is 29.4 Å². The molecule has 1 saturated carbocycles. The number of allylic oxidation sites excluding steroid dienone is 1. The van der Waals surface area contributed by atoms with Crippen LogP contribution in [0.5, 0.6) is 0 Å². The fourth-order valence-electron chi connectivity index (χ4n) is 3.79. The van der Waals surface area contributed by atoms with Crippen molar-refractivity contribution in [2.75, 3.05) is 18.5 Å². The van der Waals surface area contributed by atoms with Gasteiger partial charge in [0.05, 0.1) is 54.8 Å². The molecule has 2 fully saturated rings. The van der Waals surface area contributed by atoms with E-state index in [0.717, 1.165) is 19.3 Å². The first-order valence-electron chi connectivity index (χ1n) is 11.4. The van der Waals surface area contributed by atoms with Gasteiger partial charge in [0.2, 0.25) is 0 Å². The number of aromatic nitrogens is 3. The largest absolute Gasteiger partial charge is 0.377 e. The molecule has 10 heteroatoms. The SMILES string of the molecule is O=C(Nc1cccnc1C(=O)NC1COC1)C1=NC(C2CC2)/C=C\CCC1=Nc1cncnc1. The van der Waals surface area contributed by atoms with Gasteiger partial charge in [-0.3, -0.25) is 14.6 Å². The van der Waals surface area contributed by atoms with E-state index in [1.165, 1.54) is 12.5 Å². The van der Waals surface area contributed by atoms with Crippen LogP contribution in [0, 0.1) is 5.92 Å². The second-order valence-corrected chi connectivity index (χ2v) is 8.49. The number of hydrogen-bond acceptors (Lipinski definition) is 8. The number of hydrogen-bond donors (Lipinski definition) is 2. The quantitative estimate of drug-likeness (QED) is 0.637. The van der Waals surface area contributed by atoms with Crippen molar-refractivity contribution in [3.05, 3.63) is 54.9 Å². The summed E-state index contributed by atoms with van der Waals surface area (Å²) >= 11 is 0. The van der Waals surface area contributed by atoms with Crippen molar-refractivity contribution >= 4 is 34.6 Å². The summed E-state index contributed by atoms with van der Waals surface area (Å²) in [4.78, 5) is 48.0. The lowest BCUT2D eigenvalue weighted by Crippen LogP contribution is -2.48. The fourth-order valence-corrected chi connectivity index (χ4v) is 3.79. The molecule has 4 heterocycles. The first-order chi connectivity index (χ1) is 16.7. The highest BCUT2D eigenvalue weighted by atomic mass is 16.5. The van der Waals surface area contributed by atoms with Gasteiger partial charge in [0.1, 0.15) is 12.0 Å². The summed E-state index contributed by atoms with van der Waals surface area (Å²) in [6, 6.07) is 3.20. The number of carbonyl (C=O) groups excluding carboxylic acids is 2. The number of anilines is 1. The predicted molar refractivity (Wildman–Crippen MR) is 126 cm³/mol. The van der Waals surface area contributed by atoms with Gasteiger partial charge in [0.15, 0.2) is 5.69 Å². The zero-order valence-electron chi connectivity index (χ0n) is 18.6. The third kappa shape index (κ3) is 5.23. The van der Waals surface area contributed by atoms with Gasteiger partial charge in [-0.05, 0) is 43.7 Å². The van der Waals surface area contributed by atoms with Crippen molar-refractivity contribution in [1.82, 2.24) is 20.3 Å². The highest BCUT2D eigenvalue weighted by Gasteiger charge is 2.32. The molecule has 3 aliphatic rings. The molecule has 2 amide bonds. The minimum Gasteiger partial charge on any atom is -0.377 e. The summed E-state index contributed by atoms with van der Waals surface area (Å²) in [6.45, 7) is 0.937. The molecule has 0 bridgehead atoms. The zero-order valence-corrected chi connectivity index (χ0v) is 18.6. The molecule has 10 nitrogen and oxygen atoms in total. The molecule has 5 rings (SSSR count). The normalized spacial score (nSPS) is 22.6. The van der Waals surface area contributed by atoms with Crippen LogP contribution in [0.15, 0.2) is 59.2 Å². The van der Waals surface area contributed by atoms with Crippen LogP contribution < -0.4 is 10.6 Å². The van der Waals surface area contributed by atoms with Crippen LogP contribution in [-0.4, -0.2) is 63.5 Å². The van der Waals surface area contributed by atoms with E-state index in [9.17, 15) is 9.59 Å². The van der Waals surface area contributed by atoms with Gasteiger partial charge in [-0.15, -0.1) is 0 Å². The summed E-state index contributed by atoms with van der Waals surface area (Å²) in [7, 11) is 0. The Morgan fingerprint density at radius 2 is 1.94 bits per heavy atom.